The molecule has 2 heterocycles. The zero-order chi connectivity index (χ0) is 31.2. The summed E-state index contributed by atoms with van der Waals surface area (Å²) in [5, 5.41) is 5.74. The third-order valence-electron chi connectivity index (χ3n) is 7.47. The van der Waals surface area contributed by atoms with Crippen molar-refractivity contribution in [2.24, 2.45) is 0 Å². The first-order valence-electron chi connectivity index (χ1n) is 14.2. The van der Waals surface area contributed by atoms with Crippen molar-refractivity contribution in [3.8, 4) is 11.4 Å². The van der Waals surface area contributed by atoms with Crippen LogP contribution in [-0.2, 0) is 11.3 Å². The summed E-state index contributed by atoms with van der Waals surface area (Å²) in [5.74, 6) is -0.356. The predicted octanol–water partition coefficient (Wildman–Crippen LogP) is 4.23. The predicted molar refractivity (Wildman–Crippen MR) is 168 cm³/mol. The number of hydrogen-bond acceptors (Lipinski definition) is 8. The summed E-state index contributed by atoms with van der Waals surface area (Å²) >= 11 is 0. The van der Waals surface area contributed by atoms with Crippen molar-refractivity contribution in [3.05, 3.63) is 118 Å². The molecular formula is C33H34F2N6O3. The monoisotopic (exact) mass is 600 g/mol. The molecule has 228 valence electrons. The Morgan fingerprint density at radius 3 is 2.52 bits per heavy atom. The van der Waals surface area contributed by atoms with Crippen molar-refractivity contribution >= 4 is 22.8 Å². The molecule has 1 atom stereocenters. The lowest BCUT2D eigenvalue weighted by Gasteiger charge is -2.29. The molecule has 1 aliphatic heterocycles. The van der Waals surface area contributed by atoms with Crippen LogP contribution in [0.5, 0.6) is 0 Å². The number of halogens is 2. The van der Waals surface area contributed by atoms with Crippen LogP contribution >= 0.6 is 0 Å². The van der Waals surface area contributed by atoms with Crippen molar-refractivity contribution in [1.82, 2.24) is 14.9 Å². The molecule has 11 heteroatoms. The minimum Gasteiger partial charge on any atom is -0.399 e. The maximum Gasteiger partial charge on any atom is 0.277 e. The summed E-state index contributed by atoms with van der Waals surface area (Å²) in [6.45, 7) is 5.56. The van der Waals surface area contributed by atoms with E-state index in [0.29, 0.717) is 60.1 Å². The van der Waals surface area contributed by atoms with Gasteiger partial charge in [0.25, 0.3) is 5.56 Å². The van der Waals surface area contributed by atoms with Crippen molar-refractivity contribution in [1.29, 1.82) is 0 Å². The highest BCUT2D eigenvalue weighted by Gasteiger charge is 2.20. The number of aromatic nitrogens is 2. The van der Waals surface area contributed by atoms with Gasteiger partial charge in [-0.05, 0) is 67.2 Å². The number of nitrogens with one attached hydrogen (secondary N) is 2. The van der Waals surface area contributed by atoms with E-state index in [0.717, 1.165) is 5.69 Å². The summed E-state index contributed by atoms with van der Waals surface area (Å²) in [6, 6.07) is 17.2. The minimum atomic E-state index is -0.718. The van der Waals surface area contributed by atoms with Crippen LogP contribution in [0.4, 0.5) is 25.8 Å². The lowest BCUT2D eigenvalue weighted by Crippen LogP contribution is -2.36. The van der Waals surface area contributed by atoms with Crippen LogP contribution in [0.1, 0.15) is 21.5 Å². The van der Waals surface area contributed by atoms with Gasteiger partial charge in [-0.3, -0.25) is 14.2 Å². The van der Waals surface area contributed by atoms with Gasteiger partial charge < -0.3 is 26.0 Å². The molecule has 0 aliphatic carbocycles. The molecule has 0 radical (unpaired) electrons. The summed E-state index contributed by atoms with van der Waals surface area (Å²) < 4.78 is 34.1. The Bertz CT molecular complexity index is 1710. The van der Waals surface area contributed by atoms with Crippen molar-refractivity contribution in [2.45, 2.75) is 12.6 Å². The number of rotatable bonds is 11. The highest BCUT2D eigenvalue weighted by Crippen LogP contribution is 2.26. The van der Waals surface area contributed by atoms with E-state index in [4.69, 9.17) is 10.5 Å². The molecule has 0 amide bonds. The Kier molecular flexibility index (Phi) is 9.47. The fourth-order valence-electron chi connectivity index (χ4n) is 5.09. The topological polar surface area (TPSA) is 115 Å². The first kappa shape index (κ1) is 30.6. The van der Waals surface area contributed by atoms with Crippen LogP contribution in [0.15, 0.2) is 90.0 Å². The first-order valence-corrected chi connectivity index (χ1v) is 14.2. The molecule has 0 unspecified atom stereocenters. The zero-order valence-corrected chi connectivity index (χ0v) is 24.4. The van der Waals surface area contributed by atoms with E-state index in [9.17, 15) is 18.4 Å². The van der Waals surface area contributed by atoms with Gasteiger partial charge in [-0.1, -0.05) is 18.7 Å². The number of ether oxygens (including phenoxy) is 1. The normalized spacial score (nSPS) is 13.8. The molecule has 9 nitrogen and oxygen atoms in total. The second-order valence-corrected chi connectivity index (χ2v) is 10.5. The Balaban J connectivity index is 1.61. The van der Waals surface area contributed by atoms with Gasteiger partial charge in [0.05, 0.1) is 32.0 Å². The van der Waals surface area contributed by atoms with Gasteiger partial charge in [-0.25, -0.2) is 13.8 Å². The lowest BCUT2D eigenvalue weighted by molar-refractivity contribution is 0.103. The van der Waals surface area contributed by atoms with E-state index in [1.54, 1.807) is 43.4 Å². The molecular weight excluding hydrogens is 566 g/mol. The maximum atomic E-state index is 14.0. The van der Waals surface area contributed by atoms with Gasteiger partial charge in [-0.15, -0.1) is 0 Å². The van der Waals surface area contributed by atoms with Crippen LogP contribution in [0.3, 0.4) is 0 Å². The molecule has 44 heavy (non-hydrogen) atoms. The summed E-state index contributed by atoms with van der Waals surface area (Å²) in [4.78, 5) is 34.3. The highest BCUT2D eigenvalue weighted by atomic mass is 19.1. The van der Waals surface area contributed by atoms with Crippen molar-refractivity contribution < 1.29 is 18.3 Å². The number of nitrogens with two attached hydrogens (primary N) is 1. The van der Waals surface area contributed by atoms with E-state index in [-0.39, 0.29) is 23.7 Å². The van der Waals surface area contributed by atoms with Crippen molar-refractivity contribution in [3.63, 3.8) is 0 Å². The third kappa shape index (κ3) is 6.85. The smallest absolute Gasteiger partial charge is 0.277 e. The van der Waals surface area contributed by atoms with E-state index >= 15 is 0 Å². The number of nitrogen functional groups attached to an aromatic ring is 1. The fraction of sp³-hybridized carbons (Fsp3) is 0.242. The minimum absolute atomic E-state index is 0.0540. The zero-order valence-electron chi connectivity index (χ0n) is 24.4. The summed E-state index contributed by atoms with van der Waals surface area (Å²) in [6.07, 6.45) is 1.39. The Labute approximate surface area is 254 Å². The molecule has 0 saturated carbocycles. The van der Waals surface area contributed by atoms with Crippen molar-refractivity contribution in [2.75, 3.05) is 56.0 Å². The van der Waals surface area contributed by atoms with Gasteiger partial charge >= 0.3 is 0 Å². The van der Waals surface area contributed by atoms with E-state index in [1.807, 2.05) is 6.07 Å². The molecule has 3 aromatic carbocycles. The van der Waals surface area contributed by atoms with Gasteiger partial charge in [-0.2, -0.15) is 0 Å². The Morgan fingerprint density at radius 1 is 1.09 bits per heavy atom. The molecule has 0 bridgehead atoms. The van der Waals surface area contributed by atoms with E-state index in [1.165, 1.54) is 35.0 Å². The second kappa shape index (κ2) is 13.6. The van der Waals surface area contributed by atoms with Gasteiger partial charge in [0.2, 0.25) is 0 Å². The average molecular weight is 601 g/mol. The molecule has 1 aliphatic rings. The van der Waals surface area contributed by atoms with E-state index in [2.05, 4.69) is 27.1 Å². The number of carbonyl (C=O) groups excluding carboxylic acids is 1. The Morgan fingerprint density at radius 2 is 1.84 bits per heavy atom. The molecule has 0 spiro atoms. The van der Waals surface area contributed by atoms with Crippen LogP contribution in [0.25, 0.3) is 11.4 Å². The second-order valence-electron chi connectivity index (χ2n) is 10.5. The molecule has 1 fully saturated rings. The maximum absolute atomic E-state index is 14.0. The molecule has 4 aromatic rings. The van der Waals surface area contributed by atoms with Crippen LogP contribution in [0.2, 0.25) is 0 Å². The van der Waals surface area contributed by atoms with Gasteiger partial charge in [0.15, 0.2) is 5.78 Å². The summed E-state index contributed by atoms with van der Waals surface area (Å²) in [7, 11) is 1.60. The largest absolute Gasteiger partial charge is 0.399 e. The number of benzene rings is 3. The number of hydrogen-bond donors (Lipinski definition) is 3. The number of nitrogens with zero attached hydrogens (tertiary/aromatic N) is 3. The lowest BCUT2D eigenvalue weighted by atomic mass is 9.99. The first-order chi connectivity index (χ1) is 21.3. The fourth-order valence-corrected chi connectivity index (χ4v) is 5.09. The van der Waals surface area contributed by atoms with Crippen LogP contribution < -0.4 is 26.8 Å². The number of carbonyl (C=O) groups is 1. The van der Waals surface area contributed by atoms with Gasteiger partial charge in [0, 0.05) is 46.9 Å². The number of morpholine rings is 1. The number of alkyl halides is 1. The third-order valence-corrected chi connectivity index (χ3v) is 7.47. The SMILES string of the molecule is C=C(Nc1cnc(-c2cccc(N)c2)n(Cc2cc(C(=O)c3ccc(F)cc3)cc(N3CCOCC3)c2)c1=O)[C@H](CF)NC. The standard InChI is InChI=1S/C33H34F2N6O3/c1-21(29(18-34)37-2)39-30-19-38-32(24-4-3-5-27(36)16-24)41(33(30)43)20-22-14-25(31(42)23-6-8-26(35)9-7-23)17-28(15-22)40-10-12-44-13-11-40/h3-9,14-17,19,29,37,39H,1,10-13,18,20,36H2,2H3/t29-/m0/s1. The molecule has 1 saturated heterocycles. The summed E-state index contributed by atoms with van der Waals surface area (Å²) in [5.41, 5.74) is 9.35. The molecule has 5 rings (SSSR count). The van der Waals surface area contributed by atoms with E-state index < -0.39 is 24.1 Å². The van der Waals surface area contributed by atoms with Gasteiger partial charge in [0.1, 0.15) is 24.0 Å². The van der Waals surface area contributed by atoms with Crippen LogP contribution in [0, 0.1) is 5.82 Å². The highest BCUT2D eigenvalue weighted by molar-refractivity contribution is 6.09. The Hall–Kier alpha value is -4.87. The quantitative estimate of drug-likeness (QED) is 0.173. The molecule has 4 N–H and O–H groups in total. The molecule has 1 aromatic heterocycles. The average Bonchev–Trinajstić information content (AvgIpc) is 3.04. The number of ketones is 1. The van der Waals surface area contributed by atoms with Crippen LogP contribution in [-0.4, -0.2) is 61.4 Å². The number of likely N-dealkylation sites (N-methyl/N-ethyl adjacent to an activating group) is 1. The number of anilines is 3.